The molecule has 0 aliphatic heterocycles. The Hall–Kier alpha value is -4.00. The summed E-state index contributed by atoms with van der Waals surface area (Å²) in [4.78, 5) is 25.2. The van der Waals surface area contributed by atoms with Crippen molar-refractivity contribution in [3.63, 3.8) is 0 Å². The van der Waals surface area contributed by atoms with E-state index in [1.807, 2.05) is 54.6 Å². The normalized spacial score (nSPS) is 10.6. The summed E-state index contributed by atoms with van der Waals surface area (Å²) >= 11 is 0. The zero-order valence-electron chi connectivity index (χ0n) is 16.5. The van der Waals surface area contributed by atoms with Crippen molar-refractivity contribution in [2.45, 2.75) is 6.42 Å². The third kappa shape index (κ3) is 4.52. The maximum absolute atomic E-state index is 12.5. The van der Waals surface area contributed by atoms with Crippen molar-refractivity contribution in [1.29, 1.82) is 0 Å². The average Bonchev–Trinajstić information content (AvgIpc) is 2.80. The van der Waals surface area contributed by atoms with Gasteiger partial charge in [0.15, 0.2) is 0 Å². The van der Waals surface area contributed by atoms with Gasteiger partial charge in [0.1, 0.15) is 23.6 Å². The summed E-state index contributed by atoms with van der Waals surface area (Å²) in [5.74, 6) is 1.10. The maximum atomic E-state index is 12.5. The Morgan fingerprint density at radius 3 is 2.67 bits per heavy atom. The zero-order chi connectivity index (χ0) is 20.8. The molecule has 0 saturated carbocycles. The summed E-state index contributed by atoms with van der Waals surface area (Å²) in [6.07, 6.45) is 3.84. The van der Waals surface area contributed by atoms with Crippen LogP contribution in [0.4, 0.5) is 11.5 Å². The second kappa shape index (κ2) is 9.00. The van der Waals surface area contributed by atoms with E-state index >= 15 is 0 Å². The molecule has 2 aromatic heterocycles. The highest BCUT2D eigenvalue weighted by Crippen LogP contribution is 2.23. The summed E-state index contributed by atoms with van der Waals surface area (Å²) in [6.45, 7) is 0.505. The standard InChI is InChI=1S/C23H21N5O2/c1-30-18-9-7-16(8-10-18)11-13-25-23(29)20-14-21(27-15-26-20)28-19-6-2-4-17-5-3-12-24-22(17)19/h2-10,12,14-15H,11,13H2,1H3,(H,25,29)(H,26,27,28). The van der Waals surface area contributed by atoms with Crippen molar-refractivity contribution in [3.8, 4) is 5.75 Å². The molecule has 2 heterocycles. The minimum Gasteiger partial charge on any atom is -0.497 e. The van der Waals surface area contributed by atoms with Gasteiger partial charge in [-0.2, -0.15) is 0 Å². The van der Waals surface area contributed by atoms with Gasteiger partial charge in [-0.1, -0.05) is 30.3 Å². The smallest absolute Gasteiger partial charge is 0.270 e. The molecule has 4 rings (SSSR count). The molecule has 2 N–H and O–H groups in total. The first-order chi connectivity index (χ1) is 14.7. The maximum Gasteiger partial charge on any atom is 0.270 e. The Morgan fingerprint density at radius 2 is 1.83 bits per heavy atom. The van der Waals surface area contributed by atoms with Crippen molar-refractivity contribution >= 4 is 28.3 Å². The van der Waals surface area contributed by atoms with Crippen LogP contribution in [-0.4, -0.2) is 34.5 Å². The molecule has 1 amide bonds. The topological polar surface area (TPSA) is 89.0 Å². The monoisotopic (exact) mass is 399 g/mol. The number of amides is 1. The Labute approximate surface area is 174 Å². The fourth-order valence-corrected chi connectivity index (χ4v) is 3.10. The molecular weight excluding hydrogens is 378 g/mol. The van der Waals surface area contributed by atoms with Crippen LogP contribution in [-0.2, 0) is 6.42 Å². The molecule has 30 heavy (non-hydrogen) atoms. The van der Waals surface area contributed by atoms with Crippen molar-refractivity contribution in [1.82, 2.24) is 20.3 Å². The lowest BCUT2D eigenvalue weighted by molar-refractivity contribution is 0.0949. The quantitative estimate of drug-likeness (QED) is 0.492. The number of carbonyl (C=O) groups excluding carboxylic acids is 1. The summed E-state index contributed by atoms with van der Waals surface area (Å²) in [7, 11) is 1.64. The van der Waals surface area contributed by atoms with E-state index in [-0.39, 0.29) is 5.91 Å². The number of pyridine rings is 1. The van der Waals surface area contributed by atoms with Gasteiger partial charge in [0, 0.05) is 24.2 Å². The molecule has 0 unspecified atom stereocenters. The van der Waals surface area contributed by atoms with Crippen LogP contribution in [0.1, 0.15) is 16.1 Å². The summed E-state index contributed by atoms with van der Waals surface area (Å²) in [5.41, 5.74) is 3.07. The number of hydrogen-bond donors (Lipinski definition) is 2. The van der Waals surface area contributed by atoms with Crippen molar-refractivity contribution in [2.75, 3.05) is 19.0 Å². The minimum absolute atomic E-state index is 0.245. The number of rotatable bonds is 7. The number of methoxy groups -OCH3 is 1. The molecule has 0 aliphatic carbocycles. The first-order valence-electron chi connectivity index (χ1n) is 9.57. The van der Waals surface area contributed by atoms with Gasteiger partial charge in [-0.25, -0.2) is 9.97 Å². The number of nitrogens with zero attached hydrogens (tertiary/aromatic N) is 3. The third-order valence-corrected chi connectivity index (χ3v) is 4.65. The fourth-order valence-electron chi connectivity index (χ4n) is 3.10. The molecule has 0 fully saturated rings. The highest BCUT2D eigenvalue weighted by atomic mass is 16.5. The fraction of sp³-hybridized carbons (Fsp3) is 0.130. The number of fused-ring (bicyclic) bond motifs is 1. The van der Waals surface area contributed by atoms with E-state index < -0.39 is 0 Å². The lowest BCUT2D eigenvalue weighted by Gasteiger charge is -2.09. The summed E-state index contributed by atoms with van der Waals surface area (Å²) < 4.78 is 5.15. The van der Waals surface area contributed by atoms with Gasteiger partial charge < -0.3 is 15.4 Å². The van der Waals surface area contributed by atoms with Crippen molar-refractivity contribution in [3.05, 3.63) is 84.4 Å². The Morgan fingerprint density at radius 1 is 1.00 bits per heavy atom. The van der Waals surface area contributed by atoms with Gasteiger partial charge in [0.05, 0.1) is 18.3 Å². The van der Waals surface area contributed by atoms with Gasteiger partial charge in [0.2, 0.25) is 0 Å². The Kier molecular flexibility index (Phi) is 5.80. The zero-order valence-corrected chi connectivity index (χ0v) is 16.5. The van der Waals surface area contributed by atoms with Gasteiger partial charge in [-0.3, -0.25) is 9.78 Å². The molecule has 4 aromatic rings. The lowest BCUT2D eigenvalue weighted by atomic mass is 10.1. The SMILES string of the molecule is COc1ccc(CCNC(=O)c2cc(Nc3cccc4cccnc34)ncn2)cc1. The van der Waals surface area contributed by atoms with E-state index in [1.165, 1.54) is 6.33 Å². The molecule has 150 valence electrons. The van der Waals surface area contributed by atoms with Gasteiger partial charge in [-0.05, 0) is 36.2 Å². The predicted molar refractivity (Wildman–Crippen MR) is 116 cm³/mol. The number of carbonyl (C=O) groups is 1. The van der Waals surface area contributed by atoms with E-state index in [2.05, 4.69) is 25.6 Å². The van der Waals surface area contributed by atoms with Crippen LogP contribution < -0.4 is 15.4 Å². The second-order valence-electron chi connectivity index (χ2n) is 6.65. The van der Waals surface area contributed by atoms with Crippen LogP contribution in [0.2, 0.25) is 0 Å². The molecule has 0 bridgehead atoms. The summed E-state index contributed by atoms with van der Waals surface area (Å²) in [5, 5.41) is 7.15. The highest BCUT2D eigenvalue weighted by molar-refractivity contribution is 5.94. The predicted octanol–water partition coefficient (Wildman–Crippen LogP) is 3.75. The molecule has 0 atom stereocenters. The van der Waals surface area contributed by atoms with Gasteiger partial charge >= 0.3 is 0 Å². The number of nitrogens with one attached hydrogen (secondary N) is 2. The minimum atomic E-state index is -0.245. The lowest BCUT2D eigenvalue weighted by Crippen LogP contribution is -2.26. The first-order valence-corrected chi connectivity index (χ1v) is 9.57. The summed E-state index contributed by atoms with van der Waals surface area (Å²) in [6, 6.07) is 19.2. The van der Waals surface area contributed by atoms with E-state index in [0.29, 0.717) is 24.5 Å². The van der Waals surface area contributed by atoms with Crippen LogP contribution in [0.5, 0.6) is 5.75 Å². The number of benzene rings is 2. The second-order valence-corrected chi connectivity index (χ2v) is 6.65. The van der Waals surface area contributed by atoms with Gasteiger partial charge in [0.25, 0.3) is 5.91 Å². The van der Waals surface area contributed by atoms with Crippen molar-refractivity contribution < 1.29 is 9.53 Å². The average molecular weight is 399 g/mol. The molecule has 0 radical (unpaired) electrons. The van der Waals surface area contributed by atoms with E-state index in [0.717, 1.165) is 27.9 Å². The van der Waals surface area contributed by atoms with Crippen LogP contribution in [0, 0.1) is 0 Å². The molecule has 7 heteroatoms. The van der Waals surface area contributed by atoms with Crippen LogP contribution >= 0.6 is 0 Å². The van der Waals surface area contributed by atoms with E-state index in [4.69, 9.17) is 4.74 Å². The molecule has 0 saturated heterocycles. The van der Waals surface area contributed by atoms with Crippen LogP contribution in [0.3, 0.4) is 0 Å². The molecule has 2 aromatic carbocycles. The number of para-hydroxylation sites is 1. The van der Waals surface area contributed by atoms with Crippen LogP contribution in [0.15, 0.2) is 73.2 Å². The largest absolute Gasteiger partial charge is 0.497 e. The molecule has 0 spiro atoms. The van der Waals surface area contributed by atoms with Crippen molar-refractivity contribution in [2.24, 2.45) is 0 Å². The van der Waals surface area contributed by atoms with Gasteiger partial charge in [-0.15, -0.1) is 0 Å². The Bertz CT molecular complexity index is 1160. The first kappa shape index (κ1) is 19.3. The number of aromatic nitrogens is 3. The molecule has 0 aliphatic rings. The number of hydrogen-bond acceptors (Lipinski definition) is 6. The van der Waals surface area contributed by atoms with E-state index in [9.17, 15) is 4.79 Å². The Balaban J connectivity index is 1.40. The number of ether oxygens (including phenoxy) is 1. The van der Waals surface area contributed by atoms with E-state index in [1.54, 1.807) is 19.4 Å². The third-order valence-electron chi connectivity index (χ3n) is 4.65. The highest BCUT2D eigenvalue weighted by Gasteiger charge is 2.10. The molecular formula is C23H21N5O2. The number of anilines is 2. The van der Waals surface area contributed by atoms with Crippen LogP contribution in [0.25, 0.3) is 10.9 Å². The molecule has 7 nitrogen and oxygen atoms in total.